The summed E-state index contributed by atoms with van der Waals surface area (Å²) in [5, 5.41) is 10.9. The van der Waals surface area contributed by atoms with Gasteiger partial charge in [-0.3, -0.25) is 4.98 Å². The van der Waals surface area contributed by atoms with E-state index in [2.05, 4.69) is 4.98 Å². The molecule has 0 aliphatic rings. The van der Waals surface area contributed by atoms with Crippen LogP contribution >= 0.6 is 23.2 Å². The number of aromatic nitrogens is 1. The highest BCUT2D eigenvalue weighted by atomic mass is 35.5. The zero-order chi connectivity index (χ0) is 13.1. The average molecular weight is 286 g/mol. The average Bonchev–Trinajstić information content (AvgIpc) is 2.34. The van der Waals surface area contributed by atoms with Gasteiger partial charge < -0.3 is 5.11 Å². The molecule has 0 amide bonds. The highest BCUT2D eigenvalue weighted by Crippen LogP contribution is 2.29. The van der Waals surface area contributed by atoms with Crippen molar-refractivity contribution in [3.05, 3.63) is 63.6 Å². The highest BCUT2D eigenvalue weighted by Gasteiger charge is 2.17. The first-order valence-corrected chi connectivity index (χ1v) is 6.06. The van der Waals surface area contributed by atoms with Crippen LogP contribution in [0.25, 0.3) is 0 Å². The van der Waals surface area contributed by atoms with Gasteiger partial charge in [-0.15, -0.1) is 0 Å². The van der Waals surface area contributed by atoms with E-state index in [1.807, 2.05) is 0 Å². The van der Waals surface area contributed by atoms with Gasteiger partial charge in [-0.2, -0.15) is 0 Å². The predicted octanol–water partition coefficient (Wildman–Crippen LogP) is 3.80. The van der Waals surface area contributed by atoms with Gasteiger partial charge >= 0.3 is 0 Å². The van der Waals surface area contributed by atoms with E-state index in [1.165, 1.54) is 18.3 Å². The van der Waals surface area contributed by atoms with Crippen LogP contribution in [0, 0.1) is 5.82 Å². The molecule has 2 aromatic rings. The van der Waals surface area contributed by atoms with Crippen LogP contribution < -0.4 is 0 Å². The van der Waals surface area contributed by atoms with Gasteiger partial charge in [-0.1, -0.05) is 29.3 Å². The molecule has 2 nitrogen and oxygen atoms in total. The van der Waals surface area contributed by atoms with Crippen molar-refractivity contribution in [3.63, 3.8) is 0 Å². The number of nitrogens with zero attached hydrogens (tertiary/aromatic N) is 1. The summed E-state index contributed by atoms with van der Waals surface area (Å²) in [5.74, 6) is -0.548. The van der Waals surface area contributed by atoms with Gasteiger partial charge in [0.2, 0.25) is 0 Å². The van der Waals surface area contributed by atoms with Gasteiger partial charge in [0.25, 0.3) is 0 Å². The molecule has 1 N–H and O–H groups in total. The summed E-state index contributed by atoms with van der Waals surface area (Å²) in [6.07, 6.45) is 0.464. The molecule has 18 heavy (non-hydrogen) atoms. The smallest absolute Gasteiger partial charge is 0.147 e. The monoisotopic (exact) mass is 285 g/mol. The second kappa shape index (κ2) is 5.65. The van der Waals surface area contributed by atoms with Crippen molar-refractivity contribution >= 4 is 23.2 Å². The Morgan fingerprint density at radius 1 is 1.17 bits per heavy atom. The van der Waals surface area contributed by atoms with Crippen LogP contribution in [0.5, 0.6) is 0 Å². The van der Waals surface area contributed by atoms with E-state index in [4.69, 9.17) is 23.2 Å². The Kier molecular flexibility index (Phi) is 4.17. The third-order valence-corrected chi connectivity index (χ3v) is 3.27. The second-order valence-electron chi connectivity index (χ2n) is 3.79. The van der Waals surface area contributed by atoms with E-state index in [0.29, 0.717) is 15.6 Å². The third kappa shape index (κ3) is 2.80. The minimum Gasteiger partial charge on any atom is -0.386 e. The fourth-order valence-corrected chi connectivity index (χ4v) is 2.21. The Hall–Kier alpha value is -1.16. The van der Waals surface area contributed by atoms with Crippen LogP contribution in [-0.2, 0) is 6.42 Å². The summed E-state index contributed by atoms with van der Waals surface area (Å²) in [7, 11) is 0. The Morgan fingerprint density at radius 2 is 1.83 bits per heavy atom. The summed E-state index contributed by atoms with van der Waals surface area (Å²) in [6, 6.07) is 7.77. The first-order chi connectivity index (χ1) is 8.59. The number of hydrogen-bond acceptors (Lipinski definition) is 2. The predicted molar refractivity (Wildman–Crippen MR) is 69.3 cm³/mol. The number of rotatable bonds is 3. The largest absolute Gasteiger partial charge is 0.386 e. The molecule has 0 aliphatic heterocycles. The van der Waals surface area contributed by atoms with E-state index in [-0.39, 0.29) is 12.1 Å². The topological polar surface area (TPSA) is 33.1 Å². The quantitative estimate of drug-likeness (QED) is 0.930. The van der Waals surface area contributed by atoms with Crippen LogP contribution in [0.1, 0.15) is 17.4 Å². The summed E-state index contributed by atoms with van der Waals surface area (Å²) >= 11 is 12.0. The summed E-state index contributed by atoms with van der Waals surface area (Å²) < 4.78 is 13.5. The lowest BCUT2D eigenvalue weighted by atomic mass is 10.0. The molecule has 0 saturated carbocycles. The lowest BCUT2D eigenvalue weighted by Crippen LogP contribution is -2.07. The molecule has 1 aromatic carbocycles. The molecule has 2 rings (SSSR count). The fourth-order valence-electron chi connectivity index (χ4n) is 1.66. The Balaban J connectivity index is 2.27. The van der Waals surface area contributed by atoms with Crippen molar-refractivity contribution in [1.82, 2.24) is 4.98 Å². The van der Waals surface area contributed by atoms with E-state index in [0.717, 1.165) is 0 Å². The SMILES string of the molecule is OC(Cc1c(Cl)cccc1Cl)c1ncccc1F. The van der Waals surface area contributed by atoms with Crippen molar-refractivity contribution in [2.24, 2.45) is 0 Å². The number of aliphatic hydroxyl groups is 1. The second-order valence-corrected chi connectivity index (χ2v) is 4.60. The molecular formula is C13H10Cl2FNO. The first-order valence-electron chi connectivity index (χ1n) is 5.31. The van der Waals surface area contributed by atoms with Crippen molar-refractivity contribution in [2.45, 2.75) is 12.5 Å². The molecule has 1 heterocycles. The van der Waals surface area contributed by atoms with Gasteiger partial charge in [-0.05, 0) is 29.8 Å². The van der Waals surface area contributed by atoms with Crippen molar-refractivity contribution in [2.75, 3.05) is 0 Å². The van der Waals surface area contributed by atoms with E-state index in [1.54, 1.807) is 18.2 Å². The van der Waals surface area contributed by atoms with Crippen LogP contribution in [0.3, 0.4) is 0 Å². The molecule has 0 bridgehead atoms. The molecule has 1 aromatic heterocycles. The number of benzene rings is 1. The molecule has 0 spiro atoms. The van der Waals surface area contributed by atoms with Gasteiger partial charge in [-0.25, -0.2) is 4.39 Å². The standard InChI is InChI=1S/C13H10Cl2FNO/c14-9-3-1-4-10(15)8(9)7-12(18)13-11(16)5-2-6-17-13/h1-6,12,18H,7H2. The van der Waals surface area contributed by atoms with Gasteiger partial charge in [0.05, 0.1) is 0 Å². The Labute approximate surface area is 114 Å². The lowest BCUT2D eigenvalue weighted by molar-refractivity contribution is 0.168. The molecule has 0 aliphatic carbocycles. The molecule has 0 fully saturated rings. The van der Waals surface area contributed by atoms with Gasteiger partial charge in [0, 0.05) is 22.7 Å². The normalized spacial score (nSPS) is 12.4. The molecule has 0 saturated heterocycles. The maximum absolute atomic E-state index is 13.5. The van der Waals surface area contributed by atoms with Gasteiger partial charge in [0.1, 0.15) is 17.6 Å². The molecule has 5 heteroatoms. The van der Waals surface area contributed by atoms with E-state index < -0.39 is 11.9 Å². The van der Waals surface area contributed by atoms with E-state index in [9.17, 15) is 9.50 Å². The summed E-state index contributed by atoms with van der Waals surface area (Å²) in [4.78, 5) is 3.82. The molecule has 0 radical (unpaired) electrons. The summed E-state index contributed by atoms with van der Waals surface area (Å²) in [5.41, 5.74) is 0.576. The zero-order valence-electron chi connectivity index (χ0n) is 9.28. The maximum atomic E-state index is 13.5. The zero-order valence-corrected chi connectivity index (χ0v) is 10.8. The van der Waals surface area contributed by atoms with E-state index >= 15 is 0 Å². The lowest BCUT2D eigenvalue weighted by Gasteiger charge is -2.13. The number of halogens is 3. The number of hydrogen-bond donors (Lipinski definition) is 1. The number of pyridine rings is 1. The van der Waals surface area contributed by atoms with Crippen molar-refractivity contribution in [3.8, 4) is 0 Å². The highest BCUT2D eigenvalue weighted by molar-refractivity contribution is 6.35. The molecule has 1 atom stereocenters. The van der Waals surface area contributed by atoms with Crippen LogP contribution in [0.15, 0.2) is 36.5 Å². The molecule has 1 unspecified atom stereocenters. The maximum Gasteiger partial charge on any atom is 0.147 e. The summed E-state index contributed by atoms with van der Waals surface area (Å²) in [6.45, 7) is 0. The van der Waals surface area contributed by atoms with Crippen molar-refractivity contribution in [1.29, 1.82) is 0 Å². The first kappa shape index (κ1) is 13.3. The van der Waals surface area contributed by atoms with Crippen LogP contribution in [0.4, 0.5) is 4.39 Å². The Morgan fingerprint density at radius 3 is 2.44 bits per heavy atom. The fraction of sp³-hybridized carbons (Fsp3) is 0.154. The van der Waals surface area contributed by atoms with Gasteiger partial charge in [0.15, 0.2) is 0 Å². The van der Waals surface area contributed by atoms with Crippen molar-refractivity contribution < 1.29 is 9.50 Å². The third-order valence-electron chi connectivity index (χ3n) is 2.56. The minimum absolute atomic E-state index is 0.00603. The van der Waals surface area contributed by atoms with Crippen LogP contribution in [0.2, 0.25) is 10.0 Å². The molecule has 94 valence electrons. The number of aliphatic hydroxyl groups excluding tert-OH is 1. The van der Waals surface area contributed by atoms with Crippen LogP contribution in [-0.4, -0.2) is 10.1 Å². The minimum atomic E-state index is -1.08. The Bertz CT molecular complexity index is 542. The molecular weight excluding hydrogens is 276 g/mol.